The van der Waals surface area contributed by atoms with Crippen molar-refractivity contribution in [1.29, 1.82) is 0 Å². The molecular weight excluding hydrogens is 304 g/mol. The van der Waals surface area contributed by atoms with Crippen molar-refractivity contribution in [3.05, 3.63) is 54.0 Å². The first-order chi connectivity index (χ1) is 11.8. The first-order valence-electron chi connectivity index (χ1n) is 7.94. The second kappa shape index (κ2) is 7.59. The Morgan fingerprint density at radius 2 is 2.08 bits per heavy atom. The second-order valence-corrected chi connectivity index (χ2v) is 5.47. The van der Waals surface area contributed by atoms with E-state index in [-0.39, 0.29) is 5.91 Å². The zero-order chi connectivity index (χ0) is 16.8. The standard InChI is InChI=1S/C18H20N4O2/c1-24-15-7-3-2-5-13(15)10-12-19-17(23)9-8-16-21-14-6-4-11-20-18(14)22-16/h2-7,11H,8-10,12H2,1H3,(H,19,23)(H,20,21,22). The Morgan fingerprint density at radius 1 is 1.21 bits per heavy atom. The summed E-state index contributed by atoms with van der Waals surface area (Å²) in [5.74, 6) is 1.64. The number of aromatic amines is 1. The van der Waals surface area contributed by atoms with Gasteiger partial charge in [0.1, 0.15) is 11.6 Å². The molecule has 24 heavy (non-hydrogen) atoms. The van der Waals surface area contributed by atoms with Crippen molar-refractivity contribution < 1.29 is 9.53 Å². The minimum absolute atomic E-state index is 0.0123. The number of fused-ring (bicyclic) bond motifs is 1. The number of nitrogens with zero attached hydrogens (tertiary/aromatic N) is 2. The fourth-order valence-corrected chi connectivity index (χ4v) is 2.58. The molecular formula is C18H20N4O2. The Hall–Kier alpha value is -2.89. The summed E-state index contributed by atoms with van der Waals surface area (Å²) in [6.45, 7) is 0.584. The molecule has 0 radical (unpaired) electrons. The van der Waals surface area contributed by atoms with Crippen molar-refractivity contribution in [2.45, 2.75) is 19.3 Å². The number of pyridine rings is 1. The predicted octanol–water partition coefficient (Wildman–Crippen LogP) is 2.26. The highest BCUT2D eigenvalue weighted by atomic mass is 16.5. The van der Waals surface area contributed by atoms with Crippen LogP contribution in [0.4, 0.5) is 0 Å². The van der Waals surface area contributed by atoms with Gasteiger partial charge in [-0.25, -0.2) is 9.97 Å². The summed E-state index contributed by atoms with van der Waals surface area (Å²) < 4.78 is 5.31. The Labute approximate surface area is 140 Å². The van der Waals surface area contributed by atoms with Gasteiger partial charge in [-0.2, -0.15) is 0 Å². The number of imidazole rings is 1. The van der Waals surface area contributed by atoms with Crippen molar-refractivity contribution in [3.63, 3.8) is 0 Å². The first-order valence-corrected chi connectivity index (χ1v) is 7.94. The summed E-state index contributed by atoms with van der Waals surface area (Å²) in [5.41, 5.74) is 2.66. The number of para-hydroxylation sites is 1. The number of aryl methyl sites for hydroxylation is 1. The Kier molecular flexibility index (Phi) is 5.05. The zero-order valence-electron chi connectivity index (χ0n) is 13.6. The summed E-state index contributed by atoms with van der Waals surface area (Å²) in [7, 11) is 1.65. The Bertz CT molecular complexity index is 796. The number of ether oxygens (including phenoxy) is 1. The number of benzene rings is 1. The molecule has 0 aliphatic rings. The minimum Gasteiger partial charge on any atom is -0.496 e. The van der Waals surface area contributed by atoms with Crippen LogP contribution in [0.3, 0.4) is 0 Å². The average Bonchev–Trinajstić information content (AvgIpc) is 3.03. The maximum Gasteiger partial charge on any atom is 0.220 e. The normalized spacial score (nSPS) is 10.7. The zero-order valence-corrected chi connectivity index (χ0v) is 13.6. The van der Waals surface area contributed by atoms with Crippen LogP contribution in [-0.2, 0) is 17.6 Å². The lowest BCUT2D eigenvalue weighted by Crippen LogP contribution is -2.26. The summed E-state index contributed by atoms with van der Waals surface area (Å²) in [4.78, 5) is 23.7. The number of methoxy groups -OCH3 is 1. The summed E-state index contributed by atoms with van der Waals surface area (Å²) in [6, 6.07) is 11.6. The number of H-pyrrole nitrogens is 1. The molecule has 3 rings (SSSR count). The molecule has 1 aromatic carbocycles. The number of carbonyl (C=O) groups is 1. The molecule has 0 fully saturated rings. The van der Waals surface area contributed by atoms with E-state index < -0.39 is 0 Å². The van der Waals surface area contributed by atoms with E-state index in [1.807, 2.05) is 36.4 Å². The third-order valence-electron chi connectivity index (χ3n) is 3.80. The quantitative estimate of drug-likeness (QED) is 0.698. The number of hydrogen-bond acceptors (Lipinski definition) is 4. The van der Waals surface area contributed by atoms with Crippen LogP contribution in [0.1, 0.15) is 17.8 Å². The van der Waals surface area contributed by atoms with Crippen LogP contribution in [-0.4, -0.2) is 34.5 Å². The van der Waals surface area contributed by atoms with Gasteiger partial charge in [0.05, 0.1) is 12.6 Å². The molecule has 2 N–H and O–H groups in total. The van der Waals surface area contributed by atoms with E-state index in [0.29, 0.717) is 25.0 Å². The van der Waals surface area contributed by atoms with Gasteiger partial charge in [-0.3, -0.25) is 4.79 Å². The van der Waals surface area contributed by atoms with Gasteiger partial charge in [-0.15, -0.1) is 0 Å². The third-order valence-corrected chi connectivity index (χ3v) is 3.80. The van der Waals surface area contributed by atoms with Gasteiger partial charge in [-0.1, -0.05) is 18.2 Å². The topological polar surface area (TPSA) is 79.9 Å². The lowest BCUT2D eigenvalue weighted by molar-refractivity contribution is -0.121. The third kappa shape index (κ3) is 3.90. The Morgan fingerprint density at radius 3 is 2.92 bits per heavy atom. The molecule has 0 atom stereocenters. The molecule has 0 saturated heterocycles. The van der Waals surface area contributed by atoms with Gasteiger partial charge in [0, 0.05) is 25.6 Å². The number of amides is 1. The van der Waals surface area contributed by atoms with Crippen molar-refractivity contribution >= 4 is 17.1 Å². The molecule has 124 valence electrons. The molecule has 0 aliphatic heterocycles. The highest BCUT2D eigenvalue weighted by Gasteiger charge is 2.07. The molecule has 0 saturated carbocycles. The molecule has 6 nitrogen and oxygen atoms in total. The molecule has 0 bridgehead atoms. The van der Waals surface area contributed by atoms with Crippen molar-refractivity contribution in [2.24, 2.45) is 0 Å². The van der Waals surface area contributed by atoms with Crippen molar-refractivity contribution in [1.82, 2.24) is 20.3 Å². The van der Waals surface area contributed by atoms with Crippen LogP contribution in [0.5, 0.6) is 5.75 Å². The maximum absolute atomic E-state index is 12.0. The number of nitrogens with one attached hydrogen (secondary N) is 2. The van der Waals surface area contributed by atoms with E-state index in [0.717, 1.165) is 29.1 Å². The van der Waals surface area contributed by atoms with Gasteiger partial charge in [0.15, 0.2) is 5.65 Å². The molecule has 6 heteroatoms. The fourth-order valence-electron chi connectivity index (χ4n) is 2.58. The molecule has 2 heterocycles. The molecule has 2 aromatic heterocycles. The van der Waals surface area contributed by atoms with Crippen LogP contribution in [0.2, 0.25) is 0 Å². The molecule has 1 amide bonds. The highest BCUT2D eigenvalue weighted by Crippen LogP contribution is 2.17. The van der Waals surface area contributed by atoms with Gasteiger partial charge in [0.2, 0.25) is 5.91 Å². The number of aromatic nitrogens is 3. The van der Waals surface area contributed by atoms with E-state index in [9.17, 15) is 4.79 Å². The average molecular weight is 324 g/mol. The SMILES string of the molecule is COc1ccccc1CCNC(=O)CCc1nc2ncccc2[nH]1. The summed E-state index contributed by atoms with van der Waals surface area (Å²) in [6.07, 6.45) is 3.41. The fraction of sp³-hybridized carbons (Fsp3) is 0.278. The monoisotopic (exact) mass is 324 g/mol. The van der Waals surface area contributed by atoms with Crippen molar-refractivity contribution in [3.8, 4) is 5.75 Å². The van der Waals surface area contributed by atoms with E-state index in [1.54, 1.807) is 13.3 Å². The lowest BCUT2D eigenvalue weighted by Gasteiger charge is -2.08. The van der Waals surface area contributed by atoms with Crippen LogP contribution < -0.4 is 10.1 Å². The predicted molar refractivity (Wildman–Crippen MR) is 91.9 cm³/mol. The van der Waals surface area contributed by atoms with E-state index in [4.69, 9.17) is 4.74 Å². The number of carbonyl (C=O) groups excluding carboxylic acids is 1. The molecule has 3 aromatic rings. The molecule has 0 spiro atoms. The minimum atomic E-state index is 0.0123. The second-order valence-electron chi connectivity index (χ2n) is 5.47. The van der Waals surface area contributed by atoms with Gasteiger partial charge in [-0.05, 0) is 30.2 Å². The Balaban J connectivity index is 1.46. The van der Waals surface area contributed by atoms with E-state index in [1.165, 1.54) is 0 Å². The van der Waals surface area contributed by atoms with E-state index >= 15 is 0 Å². The van der Waals surface area contributed by atoms with Crippen LogP contribution in [0.25, 0.3) is 11.2 Å². The van der Waals surface area contributed by atoms with Gasteiger partial charge >= 0.3 is 0 Å². The van der Waals surface area contributed by atoms with Gasteiger partial charge < -0.3 is 15.0 Å². The van der Waals surface area contributed by atoms with Gasteiger partial charge in [0.25, 0.3) is 0 Å². The summed E-state index contributed by atoms with van der Waals surface area (Å²) >= 11 is 0. The van der Waals surface area contributed by atoms with Crippen LogP contribution >= 0.6 is 0 Å². The number of hydrogen-bond donors (Lipinski definition) is 2. The number of rotatable bonds is 7. The molecule has 0 unspecified atom stereocenters. The van der Waals surface area contributed by atoms with Crippen LogP contribution in [0.15, 0.2) is 42.6 Å². The first kappa shape index (κ1) is 16.0. The van der Waals surface area contributed by atoms with Crippen LogP contribution in [0, 0.1) is 0 Å². The molecule has 0 aliphatic carbocycles. The largest absolute Gasteiger partial charge is 0.496 e. The van der Waals surface area contributed by atoms with Crippen molar-refractivity contribution in [2.75, 3.05) is 13.7 Å². The lowest BCUT2D eigenvalue weighted by atomic mass is 10.1. The maximum atomic E-state index is 12.0. The van der Waals surface area contributed by atoms with E-state index in [2.05, 4.69) is 20.3 Å². The summed E-state index contributed by atoms with van der Waals surface area (Å²) in [5, 5.41) is 2.93. The highest BCUT2D eigenvalue weighted by molar-refractivity contribution is 5.76. The smallest absolute Gasteiger partial charge is 0.220 e.